The molecule has 0 aliphatic carbocycles. The predicted octanol–water partition coefficient (Wildman–Crippen LogP) is 8.85. The number of pyridine rings is 2. The molecule has 2 heterocycles. The van der Waals surface area contributed by atoms with Crippen LogP contribution < -0.4 is 10.9 Å². The van der Waals surface area contributed by atoms with Crippen LogP contribution in [0.1, 0.15) is 50.7 Å². The SMILES string of the molecule is CC(C)c1ccc2c(=O)c3cc4c(cc3n(-c3ccccc3)c2c1)c(=O)c1ccc(C(C)C)cc1n4-c1ccccc1. The van der Waals surface area contributed by atoms with E-state index in [4.69, 9.17) is 0 Å². The number of rotatable bonds is 4. The highest BCUT2D eigenvalue weighted by atomic mass is 16.1. The number of fused-ring (bicyclic) bond motifs is 4. The Morgan fingerprint density at radius 1 is 0.429 bits per heavy atom. The maximum absolute atomic E-state index is 14.2. The van der Waals surface area contributed by atoms with E-state index in [0.29, 0.717) is 33.4 Å². The van der Waals surface area contributed by atoms with Crippen LogP contribution in [-0.4, -0.2) is 9.13 Å². The lowest BCUT2D eigenvalue weighted by atomic mass is 9.98. The summed E-state index contributed by atoms with van der Waals surface area (Å²) in [6.07, 6.45) is 0. The van der Waals surface area contributed by atoms with E-state index >= 15 is 0 Å². The molecule has 0 saturated carbocycles. The van der Waals surface area contributed by atoms with Gasteiger partial charge in [0, 0.05) is 32.9 Å². The lowest BCUT2D eigenvalue weighted by Crippen LogP contribution is -2.15. The molecule has 0 spiro atoms. The zero-order valence-corrected chi connectivity index (χ0v) is 24.3. The Balaban J connectivity index is 1.73. The van der Waals surface area contributed by atoms with Gasteiger partial charge in [0.25, 0.3) is 0 Å². The fourth-order valence-corrected chi connectivity index (χ4v) is 6.14. The average molecular weight is 549 g/mol. The van der Waals surface area contributed by atoms with Gasteiger partial charge in [-0.1, -0.05) is 76.2 Å². The summed E-state index contributed by atoms with van der Waals surface area (Å²) in [5, 5.41) is 2.48. The highest BCUT2D eigenvalue weighted by Crippen LogP contribution is 2.32. The van der Waals surface area contributed by atoms with Gasteiger partial charge < -0.3 is 9.13 Å². The van der Waals surface area contributed by atoms with Gasteiger partial charge in [-0.05, 0) is 83.6 Å². The second-order valence-electron chi connectivity index (χ2n) is 11.7. The number of nitrogens with zero attached hydrogens (tertiary/aromatic N) is 2. The molecule has 7 rings (SSSR count). The molecule has 0 radical (unpaired) electrons. The van der Waals surface area contributed by atoms with E-state index in [-0.39, 0.29) is 10.9 Å². The van der Waals surface area contributed by atoms with Crippen LogP contribution in [0.25, 0.3) is 55.0 Å². The third kappa shape index (κ3) is 3.98. The quantitative estimate of drug-likeness (QED) is 0.206. The summed E-state index contributed by atoms with van der Waals surface area (Å²) in [6.45, 7) is 8.62. The van der Waals surface area contributed by atoms with Crippen LogP contribution in [0, 0.1) is 0 Å². The number of hydrogen-bond donors (Lipinski definition) is 0. The van der Waals surface area contributed by atoms with Gasteiger partial charge in [0.2, 0.25) is 0 Å². The maximum atomic E-state index is 14.2. The highest BCUT2D eigenvalue weighted by Gasteiger charge is 2.19. The van der Waals surface area contributed by atoms with Crippen LogP contribution >= 0.6 is 0 Å². The molecule has 0 bridgehead atoms. The van der Waals surface area contributed by atoms with E-state index in [0.717, 1.165) is 44.6 Å². The van der Waals surface area contributed by atoms with E-state index in [1.165, 1.54) is 0 Å². The Kier molecular flexibility index (Phi) is 6.09. The zero-order valence-electron chi connectivity index (χ0n) is 24.3. The van der Waals surface area contributed by atoms with Gasteiger partial charge in [-0.3, -0.25) is 9.59 Å². The van der Waals surface area contributed by atoms with Crippen LogP contribution in [0.5, 0.6) is 0 Å². The number of hydrogen-bond acceptors (Lipinski definition) is 2. The molecule has 0 saturated heterocycles. The lowest BCUT2D eigenvalue weighted by Gasteiger charge is -2.20. The van der Waals surface area contributed by atoms with Crippen LogP contribution in [0.3, 0.4) is 0 Å². The molecule has 0 atom stereocenters. The number of para-hydroxylation sites is 2. The molecule has 0 amide bonds. The molecule has 42 heavy (non-hydrogen) atoms. The first-order valence-corrected chi connectivity index (χ1v) is 14.6. The second kappa shape index (κ2) is 9.85. The minimum absolute atomic E-state index is 0.0347. The smallest absolute Gasteiger partial charge is 0.197 e. The van der Waals surface area contributed by atoms with E-state index in [1.807, 2.05) is 84.9 Å². The normalized spacial score (nSPS) is 12.0. The van der Waals surface area contributed by atoms with E-state index < -0.39 is 0 Å². The minimum atomic E-state index is -0.0347. The standard InChI is InChI=1S/C38H32N2O2/c1-23(2)25-15-17-29-33(19-25)39(27-11-7-5-8-12-27)35-21-32-36(22-31(35)37(29)41)40(28-13-9-6-10-14-28)34-20-26(24(3)4)16-18-30(34)38(32)42/h5-24H,1-4H3. The summed E-state index contributed by atoms with van der Waals surface area (Å²) in [6, 6.07) is 36.3. The van der Waals surface area contributed by atoms with Gasteiger partial charge >= 0.3 is 0 Å². The monoisotopic (exact) mass is 548 g/mol. The molecule has 0 aliphatic rings. The molecule has 0 fully saturated rings. The van der Waals surface area contributed by atoms with Crippen molar-refractivity contribution < 1.29 is 0 Å². The minimum Gasteiger partial charge on any atom is -0.309 e. The maximum Gasteiger partial charge on any atom is 0.197 e. The molecule has 0 aliphatic heterocycles. The van der Waals surface area contributed by atoms with Crippen molar-refractivity contribution in [3.63, 3.8) is 0 Å². The van der Waals surface area contributed by atoms with E-state index in [1.54, 1.807) is 0 Å². The van der Waals surface area contributed by atoms with Crippen molar-refractivity contribution in [3.05, 3.63) is 141 Å². The first-order chi connectivity index (χ1) is 20.3. The molecule has 4 heteroatoms. The van der Waals surface area contributed by atoms with Gasteiger partial charge in [-0.2, -0.15) is 0 Å². The summed E-state index contributed by atoms with van der Waals surface area (Å²) >= 11 is 0. The van der Waals surface area contributed by atoms with Gasteiger partial charge in [0.05, 0.1) is 22.1 Å². The fourth-order valence-electron chi connectivity index (χ4n) is 6.14. The first kappa shape index (κ1) is 26.0. The third-order valence-corrected chi connectivity index (χ3v) is 8.46. The molecule has 5 aromatic carbocycles. The molecular weight excluding hydrogens is 516 g/mol. The molecule has 0 unspecified atom stereocenters. The Bertz CT molecular complexity index is 2110. The molecule has 2 aromatic heterocycles. The van der Waals surface area contributed by atoms with E-state index in [9.17, 15) is 9.59 Å². The molecule has 206 valence electrons. The molecule has 0 N–H and O–H groups in total. The first-order valence-electron chi connectivity index (χ1n) is 14.6. The Labute approximate surface area is 244 Å². The average Bonchev–Trinajstić information content (AvgIpc) is 3.01. The largest absolute Gasteiger partial charge is 0.309 e. The molecule has 7 aromatic rings. The summed E-state index contributed by atoms with van der Waals surface area (Å²) in [7, 11) is 0. The third-order valence-electron chi connectivity index (χ3n) is 8.46. The highest BCUT2D eigenvalue weighted by molar-refractivity contribution is 6.05. The summed E-state index contributed by atoms with van der Waals surface area (Å²) in [4.78, 5) is 28.5. The van der Waals surface area contributed by atoms with Gasteiger partial charge in [0.1, 0.15) is 0 Å². The number of aromatic nitrogens is 2. The summed E-state index contributed by atoms with van der Waals surface area (Å²) in [5.74, 6) is 0.613. The summed E-state index contributed by atoms with van der Waals surface area (Å²) in [5.41, 5.74) is 7.26. The topological polar surface area (TPSA) is 44.0 Å². The van der Waals surface area contributed by atoms with Gasteiger partial charge in [-0.15, -0.1) is 0 Å². The Morgan fingerprint density at radius 2 is 0.786 bits per heavy atom. The van der Waals surface area contributed by atoms with Gasteiger partial charge in [0.15, 0.2) is 10.9 Å². The van der Waals surface area contributed by atoms with Crippen molar-refractivity contribution in [2.45, 2.75) is 39.5 Å². The number of benzene rings is 5. The van der Waals surface area contributed by atoms with Crippen LogP contribution in [-0.2, 0) is 0 Å². The van der Waals surface area contributed by atoms with Crippen molar-refractivity contribution in [3.8, 4) is 11.4 Å². The van der Waals surface area contributed by atoms with Crippen molar-refractivity contribution in [2.75, 3.05) is 0 Å². The van der Waals surface area contributed by atoms with Crippen molar-refractivity contribution in [2.24, 2.45) is 0 Å². The van der Waals surface area contributed by atoms with E-state index in [2.05, 4.69) is 61.1 Å². The van der Waals surface area contributed by atoms with Crippen LogP contribution in [0.2, 0.25) is 0 Å². The van der Waals surface area contributed by atoms with Crippen LogP contribution in [0.15, 0.2) is 119 Å². The zero-order chi connectivity index (χ0) is 29.1. The van der Waals surface area contributed by atoms with Crippen molar-refractivity contribution in [1.29, 1.82) is 0 Å². The summed E-state index contributed by atoms with van der Waals surface area (Å²) < 4.78 is 4.27. The molecular formula is C38H32N2O2. The second-order valence-corrected chi connectivity index (χ2v) is 11.7. The Morgan fingerprint density at radius 3 is 1.14 bits per heavy atom. The van der Waals surface area contributed by atoms with Crippen LogP contribution in [0.4, 0.5) is 0 Å². The lowest BCUT2D eigenvalue weighted by molar-refractivity contribution is 0.867. The predicted molar refractivity (Wildman–Crippen MR) is 176 cm³/mol. The van der Waals surface area contributed by atoms with Gasteiger partial charge in [-0.25, -0.2) is 0 Å². The van der Waals surface area contributed by atoms with Crippen molar-refractivity contribution in [1.82, 2.24) is 9.13 Å². The Hall–Kier alpha value is -4.96. The molecule has 4 nitrogen and oxygen atoms in total. The fraction of sp³-hybridized carbons (Fsp3) is 0.158. The van der Waals surface area contributed by atoms with Crippen molar-refractivity contribution >= 4 is 43.6 Å².